The molecule has 1 unspecified atom stereocenters. The molecule has 1 heterocycles. The summed E-state index contributed by atoms with van der Waals surface area (Å²) in [7, 11) is 0. The minimum atomic E-state index is 0.248. The quantitative estimate of drug-likeness (QED) is 0.662. The Kier molecular flexibility index (Phi) is 3.40. The second kappa shape index (κ2) is 4.37. The second-order valence-corrected chi connectivity index (χ2v) is 3.30. The summed E-state index contributed by atoms with van der Waals surface area (Å²) in [5.74, 6) is 0.248. The molecule has 0 aromatic carbocycles. The van der Waals surface area contributed by atoms with E-state index in [1.807, 2.05) is 0 Å². The molecule has 1 rings (SSSR count). The van der Waals surface area contributed by atoms with Crippen molar-refractivity contribution < 1.29 is 4.79 Å². The predicted octanol–water partition coefficient (Wildman–Crippen LogP) is 1.85. The summed E-state index contributed by atoms with van der Waals surface area (Å²) in [6.45, 7) is 2.19. The van der Waals surface area contributed by atoms with Crippen LogP contribution in [0.3, 0.4) is 0 Å². The summed E-state index contributed by atoms with van der Waals surface area (Å²) < 4.78 is 0. The first-order valence-electron chi connectivity index (χ1n) is 4.62. The van der Waals surface area contributed by atoms with Crippen LogP contribution in [0.2, 0.25) is 0 Å². The first-order chi connectivity index (χ1) is 5.33. The van der Waals surface area contributed by atoms with Gasteiger partial charge in [0.25, 0.3) is 0 Å². The highest BCUT2D eigenvalue weighted by Crippen LogP contribution is 2.13. The molecule has 1 aliphatic heterocycles. The molecule has 1 atom stereocenters. The molecule has 0 bridgehead atoms. The van der Waals surface area contributed by atoms with Gasteiger partial charge < -0.3 is 5.32 Å². The summed E-state index contributed by atoms with van der Waals surface area (Å²) in [6, 6.07) is 0.483. The first kappa shape index (κ1) is 8.57. The van der Waals surface area contributed by atoms with Gasteiger partial charge in [0.1, 0.15) is 0 Å². The molecule has 1 N–H and O–H groups in total. The topological polar surface area (TPSA) is 29.1 Å². The molecule has 2 nitrogen and oxygen atoms in total. The average molecular weight is 155 g/mol. The average Bonchev–Trinajstić information content (AvgIpc) is 2.01. The molecular weight excluding hydrogens is 138 g/mol. The van der Waals surface area contributed by atoms with Crippen molar-refractivity contribution in [2.75, 3.05) is 0 Å². The van der Waals surface area contributed by atoms with Crippen LogP contribution in [0, 0.1) is 0 Å². The number of carbonyl (C=O) groups is 1. The lowest BCUT2D eigenvalue weighted by Crippen LogP contribution is -2.38. The minimum Gasteiger partial charge on any atom is -0.353 e. The van der Waals surface area contributed by atoms with E-state index in [1.165, 1.54) is 25.7 Å². The molecule has 0 radical (unpaired) electrons. The number of nitrogens with one attached hydrogen (secondary N) is 1. The van der Waals surface area contributed by atoms with E-state index >= 15 is 0 Å². The number of amides is 1. The molecular formula is C9H17NO. The lowest BCUT2D eigenvalue weighted by Gasteiger charge is -2.22. The van der Waals surface area contributed by atoms with Gasteiger partial charge in [0.2, 0.25) is 5.91 Å². The predicted molar refractivity (Wildman–Crippen MR) is 45.3 cm³/mol. The van der Waals surface area contributed by atoms with E-state index in [0.717, 1.165) is 12.8 Å². The number of carbonyl (C=O) groups excluding carboxylic acids is 1. The Morgan fingerprint density at radius 1 is 1.64 bits per heavy atom. The molecule has 0 saturated carbocycles. The smallest absolute Gasteiger partial charge is 0.220 e. The highest BCUT2D eigenvalue weighted by molar-refractivity contribution is 5.76. The van der Waals surface area contributed by atoms with Crippen molar-refractivity contribution in [2.45, 2.75) is 51.5 Å². The van der Waals surface area contributed by atoms with Gasteiger partial charge >= 0.3 is 0 Å². The first-order valence-corrected chi connectivity index (χ1v) is 4.62. The van der Waals surface area contributed by atoms with Crippen molar-refractivity contribution in [1.29, 1.82) is 0 Å². The Bertz CT molecular complexity index is 134. The van der Waals surface area contributed by atoms with Crippen LogP contribution in [0.1, 0.15) is 45.4 Å². The maximum absolute atomic E-state index is 10.9. The van der Waals surface area contributed by atoms with Crippen LogP contribution in [-0.2, 0) is 4.79 Å². The van der Waals surface area contributed by atoms with Crippen LogP contribution in [0.5, 0.6) is 0 Å². The Morgan fingerprint density at radius 2 is 2.45 bits per heavy atom. The zero-order valence-corrected chi connectivity index (χ0v) is 7.23. The number of hydrogen-bond donors (Lipinski definition) is 1. The largest absolute Gasteiger partial charge is 0.353 e. The third-order valence-corrected chi connectivity index (χ3v) is 2.23. The fourth-order valence-corrected chi connectivity index (χ4v) is 1.55. The molecule has 0 aromatic rings. The molecule has 1 saturated heterocycles. The Morgan fingerprint density at radius 3 is 3.09 bits per heavy atom. The number of hydrogen-bond acceptors (Lipinski definition) is 1. The summed E-state index contributed by atoms with van der Waals surface area (Å²) in [5.41, 5.74) is 0. The van der Waals surface area contributed by atoms with Gasteiger partial charge in [0.15, 0.2) is 0 Å². The third kappa shape index (κ3) is 2.91. The van der Waals surface area contributed by atoms with E-state index < -0.39 is 0 Å². The fourth-order valence-electron chi connectivity index (χ4n) is 1.55. The lowest BCUT2D eigenvalue weighted by molar-refractivity contribution is -0.123. The van der Waals surface area contributed by atoms with Gasteiger partial charge in [0.05, 0.1) is 0 Å². The van der Waals surface area contributed by atoms with E-state index in [4.69, 9.17) is 0 Å². The van der Waals surface area contributed by atoms with Crippen LogP contribution in [0.15, 0.2) is 0 Å². The van der Waals surface area contributed by atoms with Crippen LogP contribution >= 0.6 is 0 Å². The number of piperidine rings is 1. The maximum atomic E-state index is 10.9. The van der Waals surface area contributed by atoms with Gasteiger partial charge in [-0.05, 0) is 19.3 Å². The van der Waals surface area contributed by atoms with Gasteiger partial charge in [-0.3, -0.25) is 4.79 Å². The number of rotatable bonds is 3. The van der Waals surface area contributed by atoms with Crippen molar-refractivity contribution >= 4 is 5.91 Å². The van der Waals surface area contributed by atoms with Crippen LogP contribution in [0.4, 0.5) is 0 Å². The molecule has 0 spiro atoms. The van der Waals surface area contributed by atoms with E-state index in [1.54, 1.807) is 0 Å². The summed E-state index contributed by atoms with van der Waals surface area (Å²) in [4.78, 5) is 10.9. The molecule has 1 amide bonds. The SMILES string of the molecule is CCCCC1CCCC(=O)N1. The highest BCUT2D eigenvalue weighted by atomic mass is 16.1. The van der Waals surface area contributed by atoms with Gasteiger partial charge in [-0.2, -0.15) is 0 Å². The zero-order chi connectivity index (χ0) is 8.10. The Balaban J connectivity index is 2.17. The van der Waals surface area contributed by atoms with Crippen molar-refractivity contribution in [3.63, 3.8) is 0 Å². The monoisotopic (exact) mass is 155 g/mol. The molecule has 1 aliphatic rings. The van der Waals surface area contributed by atoms with Crippen molar-refractivity contribution in [3.05, 3.63) is 0 Å². The van der Waals surface area contributed by atoms with Gasteiger partial charge in [-0.25, -0.2) is 0 Å². The molecule has 1 fully saturated rings. The highest BCUT2D eigenvalue weighted by Gasteiger charge is 2.16. The zero-order valence-electron chi connectivity index (χ0n) is 7.23. The Hall–Kier alpha value is -0.530. The molecule has 0 aliphatic carbocycles. The van der Waals surface area contributed by atoms with Gasteiger partial charge in [-0.1, -0.05) is 19.8 Å². The van der Waals surface area contributed by atoms with Crippen LogP contribution in [-0.4, -0.2) is 11.9 Å². The Labute approximate surface area is 68.4 Å². The van der Waals surface area contributed by atoms with Gasteiger partial charge in [0, 0.05) is 12.5 Å². The normalized spacial score (nSPS) is 24.8. The number of unbranched alkanes of at least 4 members (excludes halogenated alkanes) is 1. The van der Waals surface area contributed by atoms with Crippen molar-refractivity contribution in [3.8, 4) is 0 Å². The maximum Gasteiger partial charge on any atom is 0.220 e. The van der Waals surface area contributed by atoms with Crippen LogP contribution < -0.4 is 5.32 Å². The minimum absolute atomic E-state index is 0.248. The summed E-state index contributed by atoms with van der Waals surface area (Å²) in [6.07, 6.45) is 6.65. The van der Waals surface area contributed by atoms with E-state index in [0.29, 0.717) is 6.04 Å². The standard InChI is InChI=1S/C9H17NO/c1-2-3-5-8-6-4-7-9(11)10-8/h8H,2-7H2,1H3,(H,10,11). The fraction of sp³-hybridized carbons (Fsp3) is 0.889. The van der Waals surface area contributed by atoms with Crippen molar-refractivity contribution in [1.82, 2.24) is 5.32 Å². The molecule has 11 heavy (non-hydrogen) atoms. The molecule has 2 heteroatoms. The van der Waals surface area contributed by atoms with E-state index in [-0.39, 0.29) is 5.91 Å². The van der Waals surface area contributed by atoms with E-state index in [9.17, 15) is 4.79 Å². The molecule has 0 aromatic heterocycles. The van der Waals surface area contributed by atoms with Crippen LogP contribution in [0.25, 0.3) is 0 Å². The van der Waals surface area contributed by atoms with Gasteiger partial charge in [-0.15, -0.1) is 0 Å². The second-order valence-electron chi connectivity index (χ2n) is 3.30. The summed E-state index contributed by atoms with van der Waals surface area (Å²) in [5, 5.41) is 3.01. The lowest BCUT2D eigenvalue weighted by atomic mass is 10.00. The third-order valence-electron chi connectivity index (χ3n) is 2.23. The van der Waals surface area contributed by atoms with E-state index in [2.05, 4.69) is 12.2 Å². The molecule has 64 valence electrons. The van der Waals surface area contributed by atoms with Crippen molar-refractivity contribution in [2.24, 2.45) is 0 Å². The summed E-state index contributed by atoms with van der Waals surface area (Å²) >= 11 is 0.